The van der Waals surface area contributed by atoms with Crippen LogP contribution >= 0.6 is 0 Å². The van der Waals surface area contributed by atoms with Crippen LogP contribution in [-0.4, -0.2) is 112 Å². The fourth-order valence-corrected chi connectivity index (χ4v) is 9.87. The summed E-state index contributed by atoms with van der Waals surface area (Å²) in [5, 5.41) is 49.8. The highest BCUT2D eigenvalue weighted by atomic mass is 16.5. The van der Waals surface area contributed by atoms with E-state index in [1.165, 1.54) is 33.1 Å². The molecule has 5 N–H and O–H groups in total. The van der Waals surface area contributed by atoms with Gasteiger partial charge < -0.3 is 49.3 Å². The number of rotatable bonds is 5. The number of phenols is 1. The number of methoxy groups -OCH3 is 1. The van der Waals surface area contributed by atoms with Crippen LogP contribution in [0.2, 0.25) is 0 Å². The number of ether oxygens (including phenoxy) is 3. The van der Waals surface area contributed by atoms with E-state index in [1.807, 2.05) is 6.92 Å². The van der Waals surface area contributed by atoms with Crippen LogP contribution in [0.15, 0.2) is 68.2 Å². The van der Waals surface area contributed by atoms with E-state index in [0.717, 1.165) is 25.7 Å². The fourth-order valence-electron chi connectivity index (χ4n) is 9.87. The molecule has 1 amide bonds. The second-order valence-electron chi connectivity index (χ2n) is 19.3. The lowest BCUT2D eigenvalue weighted by atomic mass is 9.78. The van der Waals surface area contributed by atoms with Crippen molar-refractivity contribution in [1.29, 1.82) is 0 Å². The highest BCUT2D eigenvalue weighted by Gasteiger charge is 2.42. The molecule has 1 aromatic heterocycles. The Balaban J connectivity index is 1.43. The molecule has 360 valence electrons. The van der Waals surface area contributed by atoms with E-state index < -0.39 is 82.2 Å². The lowest BCUT2D eigenvalue weighted by Crippen LogP contribution is -2.47. The molecule has 1 saturated heterocycles. The largest absolute Gasteiger partial charge is 0.507 e. The van der Waals surface area contributed by atoms with Gasteiger partial charge in [-0.25, -0.2) is 4.98 Å². The van der Waals surface area contributed by atoms with Crippen molar-refractivity contribution in [2.45, 2.75) is 98.8 Å². The molecule has 3 aromatic carbocycles. The van der Waals surface area contributed by atoms with Crippen molar-refractivity contribution >= 4 is 62.0 Å². The number of esters is 1. The second-order valence-corrected chi connectivity index (χ2v) is 19.3. The van der Waals surface area contributed by atoms with Gasteiger partial charge in [-0.05, 0) is 19.8 Å². The lowest BCUT2D eigenvalue weighted by molar-refractivity contribution is -0.160. The first-order chi connectivity index (χ1) is 31.6. The van der Waals surface area contributed by atoms with E-state index >= 15 is 0 Å². The Hall–Kier alpha value is -5.81. The molecular weight excluding hydrogens is 861 g/mol. The maximum atomic E-state index is 14.2. The number of aromatic nitrogens is 1. The van der Waals surface area contributed by atoms with Crippen molar-refractivity contribution in [3.63, 3.8) is 0 Å². The molecule has 16 nitrogen and oxygen atoms in total. The number of allylic oxidation sites excluding steroid dienone is 2. The smallest absolute Gasteiger partial charge is 0.302 e. The second kappa shape index (κ2) is 19.4. The van der Waals surface area contributed by atoms with Crippen molar-refractivity contribution < 1.29 is 48.6 Å². The van der Waals surface area contributed by atoms with Gasteiger partial charge in [0.25, 0.3) is 5.91 Å². The third-order valence-electron chi connectivity index (χ3n) is 13.8. The number of fused-ring (bicyclic) bond motifs is 2. The first-order valence-corrected chi connectivity index (χ1v) is 23.1. The lowest BCUT2D eigenvalue weighted by Gasteiger charge is -2.38. The number of carbonyl (C=O) groups is 2. The Morgan fingerprint density at radius 2 is 1.64 bits per heavy atom. The molecule has 67 heavy (non-hydrogen) atoms. The number of aliphatic hydroxyl groups excluding tert-OH is 3. The number of hydrogen-bond donors (Lipinski definition) is 5. The number of phenolic OH excluding ortho intramolecular Hbond substituents is 1. The summed E-state index contributed by atoms with van der Waals surface area (Å²) in [4.78, 5) is 63.9. The average Bonchev–Trinajstić information content (AvgIpc) is 3.53. The molecule has 0 spiro atoms. The van der Waals surface area contributed by atoms with E-state index in [9.17, 15) is 39.6 Å². The van der Waals surface area contributed by atoms with E-state index in [2.05, 4.69) is 29.0 Å². The Morgan fingerprint density at radius 1 is 0.940 bits per heavy atom. The topological polar surface area (TPSA) is 221 Å². The van der Waals surface area contributed by atoms with Crippen LogP contribution in [-0.2, 0) is 19.1 Å². The summed E-state index contributed by atoms with van der Waals surface area (Å²) in [6.45, 7) is 19.8. The summed E-state index contributed by atoms with van der Waals surface area (Å²) < 4.78 is 24.6. The summed E-state index contributed by atoms with van der Waals surface area (Å²) in [7, 11) is 1.50. The van der Waals surface area contributed by atoms with Crippen LogP contribution in [0.5, 0.6) is 11.5 Å². The quantitative estimate of drug-likeness (QED) is 0.0550. The minimum Gasteiger partial charge on any atom is -0.507 e. The van der Waals surface area contributed by atoms with Gasteiger partial charge in [0, 0.05) is 112 Å². The molecular formula is C51H64N4O12. The number of piperazine rings is 1. The Labute approximate surface area is 389 Å². The molecule has 0 aliphatic carbocycles. The number of anilines is 2. The average molecular weight is 925 g/mol. The molecule has 4 aromatic rings. The van der Waals surface area contributed by atoms with E-state index in [1.54, 1.807) is 58.1 Å². The monoisotopic (exact) mass is 924 g/mol. The number of hydrogen-bond acceptors (Lipinski definition) is 15. The predicted octanol–water partition coefficient (Wildman–Crippen LogP) is 5.49. The zero-order chi connectivity index (χ0) is 48.8. The maximum Gasteiger partial charge on any atom is 0.302 e. The minimum absolute atomic E-state index is 0.00407. The van der Waals surface area contributed by atoms with Gasteiger partial charge >= 0.3 is 5.97 Å². The van der Waals surface area contributed by atoms with Gasteiger partial charge in [0.2, 0.25) is 5.43 Å². The van der Waals surface area contributed by atoms with Crippen LogP contribution < -0.4 is 31.0 Å². The number of nitrogens with zero attached hydrogens (tertiary/aromatic N) is 3. The van der Waals surface area contributed by atoms with E-state index in [0.29, 0.717) is 24.7 Å². The number of aliphatic hydroxyl groups is 3. The van der Waals surface area contributed by atoms with Gasteiger partial charge in [0.15, 0.2) is 33.5 Å². The van der Waals surface area contributed by atoms with E-state index in [-0.39, 0.29) is 67.4 Å². The van der Waals surface area contributed by atoms with Gasteiger partial charge in [-0.15, -0.1) is 0 Å². The van der Waals surface area contributed by atoms with Crippen LogP contribution in [0.1, 0.15) is 68.7 Å². The summed E-state index contributed by atoms with van der Waals surface area (Å²) in [5.41, 5.74) is -2.37. The molecule has 3 aliphatic heterocycles. The minimum atomic E-state index is -1.48. The van der Waals surface area contributed by atoms with Crippen molar-refractivity contribution in [2.75, 3.05) is 50.1 Å². The normalized spacial score (nSPS) is 29.9. The molecule has 7 rings (SSSR count). The number of aromatic hydroxyl groups is 1. The number of carbonyl (C=O) groups excluding carboxylic acids is 2. The maximum absolute atomic E-state index is 14.2. The molecule has 9 atom stereocenters. The van der Waals surface area contributed by atoms with Crippen molar-refractivity contribution in [1.82, 2.24) is 9.88 Å². The summed E-state index contributed by atoms with van der Waals surface area (Å²) in [6.07, 6.45) is 4.59. The zero-order valence-electron chi connectivity index (χ0n) is 40.0. The highest BCUT2D eigenvalue weighted by molar-refractivity contribution is 6.18. The molecule has 1 fully saturated rings. The third kappa shape index (κ3) is 9.54. The molecule has 4 bridgehead atoms. The molecule has 0 radical (unpaired) electrons. The van der Waals surface area contributed by atoms with Crippen LogP contribution in [0.25, 0.3) is 38.7 Å². The van der Waals surface area contributed by atoms with Gasteiger partial charge in [-0.3, -0.25) is 24.1 Å². The molecule has 0 unspecified atom stereocenters. The summed E-state index contributed by atoms with van der Waals surface area (Å²) in [5.74, 6) is -4.05. The van der Waals surface area contributed by atoms with Gasteiger partial charge in [0.1, 0.15) is 28.8 Å². The SMILES string of the molecule is CO[C@H]1/C=C/C[C@@]2(C)Oc3cc(=O)c4c(O)c(c5oc6cc(N7CCN(CC(C)C)CC7)cc(=O)c6nc5c4c3=C2O)NC(=O)/C(C)=C\C=C\[C@H](C)[C@H](O)[C@@H](C)[C@@H](O)[C@@H](C)[C@H](OC(C)=O)[C@@H]1C. The first kappa shape index (κ1) is 49.1. The fraction of sp³-hybridized carbons (Fsp3) is 0.510. The number of amides is 1. The molecule has 4 heterocycles. The van der Waals surface area contributed by atoms with Crippen LogP contribution in [0.4, 0.5) is 11.4 Å². The third-order valence-corrected chi connectivity index (χ3v) is 13.8. The van der Waals surface area contributed by atoms with Gasteiger partial charge in [-0.1, -0.05) is 71.9 Å². The Morgan fingerprint density at radius 3 is 2.30 bits per heavy atom. The number of nitrogens with one attached hydrogen (secondary N) is 1. The number of benzene rings is 3. The molecule has 16 heteroatoms. The van der Waals surface area contributed by atoms with Gasteiger partial charge in [-0.2, -0.15) is 0 Å². The highest BCUT2D eigenvalue weighted by Crippen LogP contribution is 2.43. The van der Waals surface area contributed by atoms with Crippen molar-refractivity contribution in [2.24, 2.45) is 29.6 Å². The Bertz CT molecular complexity index is 2850. The van der Waals surface area contributed by atoms with Crippen molar-refractivity contribution in [3.05, 3.63) is 79.8 Å². The summed E-state index contributed by atoms with van der Waals surface area (Å²) in [6, 6.07) is 4.34. The summed E-state index contributed by atoms with van der Waals surface area (Å²) >= 11 is 0. The first-order valence-electron chi connectivity index (χ1n) is 23.1. The predicted molar refractivity (Wildman–Crippen MR) is 257 cm³/mol. The Kier molecular flexibility index (Phi) is 14.2. The van der Waals surface area contributed by atoms with Crippen LogP contribution in [0.3, 0.4) is 0 Å². The van der Waals surface area contributed by atoms with Crippen molar-refractivity contribution in [3.8, 4) is 11.5 Å². The van der Waals surface area contributed by atoms with Gasteiger partial charge in [0.05, 0.1) is 28.9 Å². The standard InChI is InChI=1S/C51H64N4O12/c1-25(2)24-54-17-19-55(20-18-54)32-21-34(58)41-37(22-32)66-48-42(52-41)40-38-33(57)23-36-39(40)49(62)51(9,67-36)16-12-15-35(64-10)28(5)47(65-31(8)56)30(7)45(60)29(6)44(59)26(3)13-11-14-27(4)50(63)53-43(48)46(38)61/h11-15,21-23,25-26,28-30,35,44-45,47,59-62H,16-20,24H2,1-10H3,(H,53,63)/b13-11+,15-12+,27-14-/t26-,28+,29+,30+,35-,44-,45+,47+,51+/m0/s1. The molecule has 0 saturated carbocycles. The zero-order valence-corrected chi connectivity index (χ0v) is 40.0. The van der Waals surface area contributed by atoms with Crippen LogP contribution in [0, 0.1) is 29.6 Å². The van der Waals surface area contributed by atoms with E-state index in [4.69, 9.17) is 23.6 Å². The molecule has 3 aliphatic rings.